The van der Waals surface area contributed by atoms with Crippen molar-refractivity contribution in [1.82, 2.24) is 0 Å². The third kappa shape index (κ3) is 5.45. The summed E-state index contributed by atoms with van der Waals surface area (Å²) in [5.74, 6) is 0. The van der Waals surface area contributed by atoms with Crippen molar-refractivity contribution in [3.63, 3.8) is 0 Å². The minimum Gasteiger partial charge on any atom is -0.256 e. The second-order valence-electron chi connectivity index (χ2n) is 2.80. The van der Waals surface area contributed by atoms with Crippen molar-refractivity contribution in [2.75, 3.05) is 0 Å². The van der Waals surface area contributed by atoms with Crippen molar-refractivity contribution in [1.29, 1.82) is 0 Å². The van der Waals surface area contributed by atoms with E-state index in [4.69, 9.17) is 0 Å². The van der Waals surface area contributed by atoms with Crippen LogP contribution in [0.3, 0.4) is 0 Å². The first-order chi connectivity index (χ1) is 5.54. The second kappa shape index (κ2) is 5.34. The van der Waals surface area contributed by atoms with E-state index in [1.807, 2.05) is 20.8 Å². The third-order valence-electron chi connectivity index (χ3n) is 1.29. The van der Waals surface area contributed by atoms with Gasteiger partial charge in [0.1, 0.15) is 0 Å². The van der Waals surface area contributed by atoms with Gasteiger partial charge in [-0.05, 0) is 37.5 Å². The fourth-order valence-electron chi connectivity index (χ4n) is 0.422. The van der Waals surface area contributed by atoms with E-state index in [1.54, 1.807) is 12.4 Å². The highest BCUT2D eigenvalue weighted by atomic mass is 14.7. The third-order valence-corrected chi connectivity index (χ3v) is 1.29. The first-order valence-corrected chi connectivity index (χ1v) is 3.80. The maximum Gasteiger partial charge on any atom is 0.0689 e. The van der Waals surface area contributed by atoms with E-state index >= 15 is 0 Å². The lowest BCUT2D eigenvalue weighted by molar-refractivity contribution is 1.37. The van der Waals surface area contributed by atoms with Gasteiger partial charge in [-0.15, -0.1) is 0 Å². The van der Waals surface area contributed by atoms with E-state index in [1.165, 1.54) is 0 Å². The highest BCUT2D eigenvalue weighted by Crippen LogP contribution is 2.01. The summed E-state index contributed by atoms with van der Waals surface area (Å²) in [4.78, 5) is 3.97. The van der Waals surface area contributed by atoms with Crippen LogP contribution in [0.25, 0.3) is 0 Å². The standard InChI is InChI=1S/C11H15N/c1-9(2)8-12-7-6-11(5)10(3)4/h7-8H,1,3H2,2,4-5H3/b12-8-. The molecular formula is C11H15N. The van der Waals surface area contributed by atoms with Gasteiger partial charge in [0.15, 0.2) is 0 Å². The van der Waals surface area contributed by atoms with Gasteiger partial charge in [-0.25, -0.2) is 0 Å². The summed E-state index contributed by atoms with van der Waals surface area (Å²) in [5.41, 5.74) is 5.96. The Morgan fingerprint density at radius 1 is 1.25 bits per heavy atom. The minimum atomic E-state index is 0.932. The largest absolute Gasteiger partial charge is 0.256 e. The van der Waals surface area contributed by atoms with Crippen molar-refractivity contribution >= 4 is 6.21 Å². The molecule has 1 nitrogen and oxygen atoms in total. The van der Waals surface area contributed by atoms with Gasteiger partial charge in [0.2, 0.25) is 0 Å². The van der Waals surface area contributed by atoms with E-state index in [9.17, 15) is 0 Å². The van der Waals surface area contributed by atoms with Gasteiger partial charge in [0, 0.05) is 6.21 Å². The molecule has 64 valence electrons. The van der Waals surface area contributed by atoms with E-state index in [0.29, 0.717) is 0 Å². The lowest BCUT2D eigenvalue weighted by Crippen LogP contribution is -1.72. The van der Waals surface area contributed by atoms with Gasteiger partial charge in [-0.1, -0.05) is 18.9 Å². The lowest BCUT2D eigenvalue weighted by Gasteiger charge is -1.89. The molecule has 0 atom stereocenters. The summed E-state index contributed by atoms with van der Waals surface area (Å²) < 4.78 is 0. The molecule has 0 unspecified atom stereocenters. The summed E-state index contributed by atoms with van der Waals surface area (Å²) in [6, 6.07) is 0. The molecule has 0 rings (SSSR count). The number of hydrogen-bond acceptors (Lipinski definition) is 1. The van der Waals surface area contributed by atoms with Gasteiger partial charge in [-0.3, -0.25) is 4.99 Å². The molecule has 0 amide bonds. The summed E-state index contributed by atoms with van der Waals surface area (Å²) in [6.45, 7) is 13.3. The molecule has 0 aromatic carbocycles. The maximum absolute atomic E-state index is 3.97. The maximum atomic E-state index is 3.97. The fourth-order valence-corrected chi connectivity index (χ4v) is 0.422. The van der Waals surface area contributed by atoms with E-state index in [0.717, 1.165) is 16.7 Å². The number of hydrogen-bond donors (Lipinski definition) is 0. The van der Waals surface area contributed by atoms with E-state index in [2.05, 4.69) is 23.9 Å². The molecule has 0 radical (unpaired) electrons. The quantitative estimate of drug-likeness (QED) is 0.342. The first-order valence-electron chi connectivity index (χ1n) is 3.80. The molecule has 0 spiro atoms. The van der Waals surface area contributed by atoms with Crippen LogP contribution < -0.4 is 0 Å². The van der Waals surface area contributed by atoms with Crippen molar-refractivity contribution < 1.29 is 0 Å². The van der Waals surface area contributed by atoms with Crippen molar-refractivity contribution in [3.8, 4) is 0 Å². The molecule has 0 aromatic heterocycles. The number of aliphatic imine (C=N–C) groups is 1. The first kappa shape index (κ1) is 10.7. The number of rotatable bonds is 3. The predicted molar refractivity (Wildman–Crippen MR) is 55.4 cm³/mol. The Bertz CT molecular complexity index is 273. The Morgan fingerprint density at radius 3 is 2.25 bits per heavy atom. The average molecular weight is 161 g/mol. The highest BCUT2D eigenvalue weighted by Gasteiger charge is 1.82. The number of allylic oxidation sites excluding steroid dienone is 3. The molecule has 0 fully saturated rings. The molecule has 1 heteroatoms. The van der Waals surface area contributed by atoms with Crippen LogP contribution in [0.15, 0.2) is 46.8 Å². The second-order valence-corrected chi connectivity index (χ2v) is 2.80. The van der Waals surface area contributed by atoms with Crippen molar-refractivity contribution in [2.24, 2.45) is 4.99 Å². The van der Waals surface area contributed by atoms with Gasteiger partial charge >= 0.3 is 0 Å². The molecule has 0 aliphatic rings. The normalized spacial score (nSPS) is 9.25. The summed E-state index contributed by atoms with van der Waals surface area (Å²) in [5, 5.41) is 0. The predicted octanol–water partition coefficient (Wildman–Crippen LogP) is 3.27. The molecular weight excluding hydrogens is 146 g/mol. The molecule has 0 bridgehead atoms. The Kier molecular flexibility index (Phi) is 4.75. The summed E-state index contributed by atoms with van der Waals surface area (Å²) in [6.07, 6.45) is 3.32. The van der Waals surface area contributed by atoms with Crippen LogP contribution in [0.1, 0.15) is 20.8 Å². The molecule has 12 heavy (non-hydrogen) atoms. The molecule has 0 heterocycles. The molecule has 0 aliphatic heterocycles. The Balaban J connectivity index is 4.33. The topological polar surface area (TPSA) is 12.4 Å². The van der Waals surface area contributed by atoms with E-state index < -0.39 is 0 Å². The van der Waals surface area contributed by atoms with Gasteiger partial charge < -0.3 is 0 Å². The Labute approximate surface area is 74.5 Å². The van der Waals surface area contributed by atoms with Crippen LogP contribution in [0.5, 0.6) is 0 Å². The van der Waals surface area contributed by atoms with Crippen LogP contribution in [0.2, 0.25) is 0 Å². The molecule has 0 N–H and O–H groups in total. The zero-order valence-corrected chi connectivity index (χ0v) is 8.02. The molecule has 0 saturated heterocycles. The lowest BCUT2D eigenvalue weighted by atomic mass is 10.2. The Morgan fingerprint density at radius 2 is 1.83 bits per heavy atom. The van der Waals surface area contributed by atoms with Crippen LogP contribution in [0.4, 0.5) is 0 Å². The smallest absolute Gasteiger partial charge is 0.0689 e. The monoisotopic (exact) mass is 161 g/mol. The minimum absolute atomic E-state index is 0.932. The molecule has 0 aromatic rings. The van der Waals surface area contributed by atoms with Crippen LogP contribution >= 0.6 is 0 Å². The van der Waals surface area contributed by atoms with Crippen LogP contribution in [-0.4, -0.2) is 6.21 Å². The Hall–Kier alpha value is -1.33. The van der Waals surface area contributed by atoms with Crippen LogP contribution in [-0.2, 0) is 0 Å². The molecule has 0 aliphatic carbocycles. The zero-order chi connectivity index (χ0) is 9.56. The van der Waals surface area contributed by atoms with Crippen LogP contribution in [0, 0.1) is 0 Å². The van der Waals surface area contributed by atoms with Gasteiger partial charge in [0.25, 0.3) is 0 Å². The SMILES string of the molecule is C=C(C)/C=N\C=C=C(C)C(=C)C. The fraction of sp³-hybridized carbons (Fsp3) is 0.273. The average Bonchev–Trinajstić information content (AvgIpc) is 1.97. The molecule has 0 saturated carbocycles. The van der Waals surface area contributed by atoms with E-state index in [-0.39, 0.29) is 0 Å². The van der Waals surface area contributed by atoms with Gasteiger partial charge in [0.05, 0.1) is 6.20 Å². The zero-order valence-electron chi connectivity index (χ0n) is 8.02. The van der Waals surface area contributed by atoms with Crippen molar-refractivity contribution in [3.05, 3.63) is 41.8 Å². The van der Waals surface area contributed by atoms with Gasteiger partial charge in [-0.2, -0.15) is 0 Å². The highest BCUT2D eigenvalue weighted by molar-refractivity contribution is 5.77. The number of nitrogens with zero attached hydrogens (tertiary/aromatic N) is 1. The summed E-state index contributed by atoms with van der Waals surface area (Å²) >= 11 is 0. The summed E-state index contributed by atoms with van der Waals surface area (Å²) in [7, 11) is 0. The van der Waals surface area contributed by atoms with Crippen molar-refractivity contribution in [2.45, 2.75) is 20.8 Å².